The second-order valence-electron chi connectivity index (χ2n) is 3.26. The molecule has 14 heavy (non-hydrogen) atoms. The Kier molecular flexibility index (Phi) is 2.94. The summed E-state index contributed by atoms with van der Waals surface area (Å²) in [4.78, 5) is 2.96. The fourth-order valence-electron chi connectivity index (χ4n) is 1.52. The van der Waals surface area contributed by atoms with E-state index in [0.29, 0.717) is 0 Å². The molecule has 0 aliphatic carbocycles. The predicted molar refractivity (Wildman–Crippen MR) is 66.2 cm³/mol. The van der Waals surface area contributed by atoms with Crippen molar-refractivity contribution in [1.29, 1.82) is 0 Å². The Morgan fingerprint density at radius 3 is 2.50 bits per heavy atom. The summed E-state index contributed by atoms with van der Waals surface area (Å²) in [6.45, 7) is 4.45. The first kappa shape index (κ1) is 9.81. The summed E-state index contributed by atoms with van der Waals surface area (Å²) in [6, 6.07) is 10.6. The van der Waals surface area contributed by atoms with Gasteiger partial charge in [-0.1, -0.05) is 25.1 Å². The SMILES string of the molecule is CCc1s[s+]c(-c2ccccc2)c1C. The average molecular weight is 221 g/mol. The molecule has 1 aromatic carbocycles. The van der Waals surface area contributed by atoms with Crippen LogP contribution in [0.3, 0.4) is 0 Å². The van der Waals surface area contributed by atoms with Crippen molar-refractivity contribution in [3.05, 3.63) is 40.8 Å². The molecule has 0 amide bonds. The molecule has 0 spiro atoms. The summed E-state index contributed by atoms with van der Waals surface area (Å²) in [5.74, 6) is 0. The van der Waals surface area contributed by atoms with Crippen LogP contribution in [0.4, 0.5) is 0 Å². The number of hydrogen-bond acceptors (Lipinski definition) is 1. The standard InChI is InChI=1S/C12H13S2/c1-3-11-9(2)12(14-13-11)10-7-5-4-6-8-10/h4-8H,3H2,1-2H3/q+1. The molecule has 0 radical (unpaired) electrons. The zero-order valence-corrected chi connectivity index (χ0v) is 10.0. The van der Waals surface area contributed by atoms with E-state index >= 15 is 0 Å². The molecule has 2 rings (SSSR count). The van der Waals surface area contributed by atoms with Crippen LogP contribution in [0.1, 0.15) is 17.4 Å². The van der Waals surface area contributed by atoms with Gasteiger partial charge in [0.2, 0.25) is 0 Å². The summed E-state index contributed by atoms with van der Waals surface area (Å²) in [7, 11) is 3.81. The second kappa shape index (κ2) is 4.20. The predicted octanol–water partition coefficient (Wildman–Crippen LogP) is 4.63. The van der Waals surface area contributed by atoms with Crippen molar-refractivity contribution in [1.82, 2.24) is 0 Å². The minimum Gasteiger partial charge on any atom is -0.0622 e. The van der Waals surface area contributed by atoms with Crippen molar-refractivity contribution in [3.8, 4) is 10.4 Å². The maximum absolute atomic E-state index is 2.23. The summed E-state index contributed by atoms with van der Waals surface area (Å²) >= 11 is 0. The van der Waals surface area contributed by atoms with Gasteiger partial charge in [0.05, 0.1) is 4.88 Å². The summed E-state index contributed by atoms with van der Waals surface area (Å²) in [5, 5.41) is 0. The fourth-order valence-corrected chi connectivity index (χ4v) is 4.54. The van der Waals surface area contributed by atoms with Crippen LogP contribution in [-0.2, 0) is 6.42 Å². The van der Waals surface area contributed by atoms with Crippen molar-refractivity contribution in [2.75, 3.05) is 0 Å². The van der Waals surface area contributed by atoms with E-state index in [1.807, 2.05) is 20.7 Å². The van der Waals surface area contributed by atoms with Crippen LogP contribution >= 0.6 is 20.7 Å². The topological polar surface area (TPSA) is 0 Å². The zero-order valence-electron chi connectivity index (χ0n) is 8.41. The summed E-state index contributed by atoms with van der Waals surface area (Å²) < 4.78 is 0. The van der Waals surface area contributed by atoms with Crippen LogP contribution in [0.25, 0.3) is 10.4 Å². The Hall–Kier alpha value is -0.730. The van der Waals surface area contributed by atoms with Gasteiger partial charge in [-0.25, -0.2) is 0 Å². The molecule has 1 heterocycles. The highest BCUT2D eigenvalue weighted by atomic mass is 32.9. The fraction of sp³-hybridized carbons (Fsp3) is 0.250. The number of rotatable bonds is 2. The first-order valence-electron chi connectivity index (χ1n) is 4.80. The largest absolute Gasteiger partial charge is 0.301 e. The zero-order chi connectivity index (χ0) is 9.97. The van der Waals surface area contributed by atoms with Gasteiger partial charge in [0.15, 0.2) is 10.3 Å². The average Bonchev–Trinajstić information content (AvgIpc) is 2.61. The highest BCUT2D eigenvalue weighted by molar-refractivity contribution is 7.70. The van der Waals surface area contributed by atoms with Crippen molar-refractivity contribution >= 4 is 20.7 Å². The molecule has 0 saturated carbocycles. The van der Waals surface area contributed by atoms with Gasteiger partial charge in [0, 0.05) is 11.1 Å². The Bertz CT molecular complexity index is 415. The van der Waals surface area contributed by atoms with Gasteiger partial charge in [0.25, 0.3) is 4.88 Å². The molecule has 0 unspecified atom stereocenters. The normalized spacial score (nSPS) is 10.4. The molecule has 0 N–H and O–H groups in total. The van der Waals surface area contributed by atoms with Crippen molar-refractivity contribution in [2.24, 2.45) is 0 Å². The van der Waals surface area contributed by atoms with Gasteiger partial charge in [-0.15, -0.1) is 0 Å². The highest BCUT2D eigenvalue weighted by Crippen LogP contribution is 2.36. The lowest BCUT2D eigenvalue weighted by Crippen LogP contribution is -1.80. The molecule has 0 aliphatic rings. The molecule has 0 aliphatic heterocycles. The van der Waals surface area contributed by atoms with Crippen LogP contribution in [0.2, 0.25) is 0 Å². The van der Waals surface area contributed by atoms with Crippen LogP contribution in [-0.4, -0.2) is 0 Å². The lowest BCUT2D eigenvalue weighted by atomic mass is 10.1. The number of hydrogen-bond donors (Lipinski definition) is 0. The van der Waals surface area contributed by atoms with Gasteiger partial charge < -0.3 is 0 Å². The highest BCUT2D eigenvalue weighted by Gasteiger charge is 2.20. The Labute approximate surface area is 92.3 Å². The second-order valence-corrected chi connectivity index (χ2v) is 5.50. The van der Waals surface area contributed by atoms with Crippen molar-refractivity contribution < 1.29 is 0 Å². The van der Waals surface area contributed by atoms with Crippen LogP contribution in [0, 0.1) is 6.92 Å². The van der Waals surface area contributed by atoms with E-state index in [0.717, 1.165) is 6.42 Å². The van der Waals surface area contributed by atoms with E-state index in [9.17, 15) is 0 Å². The Balaban J connectivity index is 2.48. The van der Waals surface area contributed by atoms with E-state index in [2.05, 4.69) is 44.2 Å². The molecule has 72 valence electrons. The van der Waals surface area contributed by atoms with Gasteiger partial charge in [-0.2, -0.15) is 0 Å². The first-order chi connectivity index (χ1) is 6.83. The number of aryl methyl sites for hydroxylation is 1. The van der Waals surface area contributed by atoms with Crippen LogP contribution < -0.4 is 0 Å². The Morgan fingerprint density at radius 1 is 1.21 bits per heavy atom. The molecule has 1 aromatic heterocycles. The third-order valence-electron chi connectivity index (χ3n) is 2.34. The molecule has 2 heteroatoms. The lowest BCUT2D eigenvalue weighted by molar-refractivity contribution is 1.16. The van der Waals surface area contributed by atoms with Gasteiger partial charge in [0.1, 0.15) is 0 Å². The van der Waals surface area contributed by atoms with E-state index in [1.165, 1.54) is 20.9 Å². The van der Waals surface area contributed by atoms with Gasteiger partial charge >= 0.3 is 10.3 Å². The molecule has 2 aromatic rings. The van der Waals surface area contributed by atoms with Crippen molar-refractivity contribution in [3.63, 3.8) is 0 Å². The molecular formula is C12H13S2+. The maximum atomic E-state index is 2.23. The van der Waals surface area contributed by atoms with E-state index in [1.54, 1.807) is 0 Å². The van der Waals surface area contributed by atoms with Gasteiger partial charge in [-0.05, 0) is 25.5 Å². The third kappa shape index (κ3) is 1.72. The Morgan fingerprint density at radius 2 is 1.93 bits per heavy atom. The summed E-state index contributed by atoms with van der Waals surface area (Å²) in [6.07, 6.45) is 1.15. The molecule has 0 bridgehead atoms. The smallest absolute Gasteiger partial charge is 0.0622 e. The molecule has 0 atom stereocenters. The van der Waals surface area contributed by atoms with E-state index < -0.39 is 0 Å². The van der Waals surface area contributed by atoms with Crippen LogP contribution in [0.15, 0.2) is 30.3 Å². The van der Waals surface area contributed by atoms with Crippen molar-refractivity contribution in [2.45, 2.75) is 20.3 Å². The quantitative estimate of drug-likeness (QED) is 0.512. The molecular weight excluding hydrogens is 208 g/mol. The van der Waals surface area contributed by atoms with Gasteiger partial charge in [-0.3, -0.25) is 0 Å². The molecule has 0 saturated heterocycles. The minimum atomic E-state index is 1.15. The summed E-state index contributed by atoms with van der Waals surface area (Å²) in [5.41, 5.74) is 2.82. The third-order valence-corrected chi connectivity index (χ3v) is 5.28. The maximum Gasteiger partial charge on any atom is 0.301 e. The lowest BCUT2D eigenvalue weighted by Gasteiger charge is -1.92. The molecule has 0 fully saturated rings. The first-order valence-corrected chi connectivity index (χ1v) is 6.95. The minimum absolute atomic E-state index is 1.15. The number of benzene rings is 1. The van der Waals surface area contributed by atoms with Crippen LogP contribution in [0.5, 0.6) is 0 Å². The van der Waals surface area contributed by atoms with E-state index in [4.69, 9.17) is 0 Å². The molecule has 0 nitrogen and oxygen atoms in total. The monoisotopic (exact) mass is 221 g/mol. The van der Waals surface area contributed by atoms with E-state index in [-0.39, 0.29) is 0 Å².